The van der Waals surface area contributed by atoms with Gasteiger partial charge < -0.3 is 15.1 Å². The van der Waals surface area contributed by atoms with Crippen LogP contribution in [0.3, 0.4) is 0 Å². The van der Waals surface area contributed by atoms with Crippen LogP contribution in [0.15, 0.2) is 28.7 Å². The highest BCUT2D eigenvalue weighted by molar-refractivity contribution is 9.10. The molecule has 3 amide bonds. The maximum absolute atomic E-state index is 13.3. The van der Waals surface area contributed by atoms with Gasteiger partial charge in [-0.15, -0.1) is 0 Å². The standard InChI is InChI=1S/C24H34BrN3O3/c1-2-3-4-5-14-26-22(29)19-8-6-15-27(17-19)24(31)21-9-7-16-28(21)23(30)18-10-12-20(25)13-11-18/h10-13,19,21H,2-9,14-17H2,1H3,(H,26,29). The molecular formula is C24H34BrN3O3. The highest BCUT2D eigenvalue weighted by Crippen LogP contribution is 2.25. The van der Waals surface area contributed by atoms with E-state index < -0.39 is 6.04 Å². The van der Waals surface area contributed by atoms with Gasteiger partial charge in [-0.2, -0.15) is 0 Å². The van der Waals surface area contributed by atoms with E-state index >= 15 is 0 Å². The lowest BCUT2D eigenvalue weighted by Crippen LogP contribution is -2.52. The van der Waals surface area contributed by atoms with Crippen LogP contribution >= 0.6 is 15.9 Å². The van der Waals surface area contributed by atoms with Gasteiger partial charge in [0.15, 0.2) is 0 Å². The second-order valence-corrected chi connectivity index (χ2v) is 9.55. The highest BCUT2D eigenvalue weighted by atomic mass is 79.9. The number of carbonyl (C=O) groups excluding carboxylic acids is 3. The Kier molecular flexibility index (Phi) is 8.93. The molecule has 2 heterocycles. The molecule has 0 aromatic heterocycles. The first-order valence-electron chi connectivity index (χ1n) is 11.6. The predicted octanol–water partition coefficient (Wildman–Crippen LogP) is 3.99. The molecule has 3 rings (SSSR count). The monoisotopic (exact) mass is 491 g/mol. The third-order valence-corrected chi connectivity index (χ3v) is 6.85. The number of carbonyl (C=O) groups is 3. The number of halogens is 1. The maximum atomic E-state index is 13.3. The average molecular weight is 492 g/mol. The summed E-state index contributed by atoms with van der Waals surface area (Å²) in [5.41, 5.74) is 0.599. The number of amides is 3. The number of hydrogen-bond donors (Lipinski definition) is 1. The molecule has 2 aliphatic heterocycles. The third kappa shape index (κ3) is 6.31. The summed E-state index contributed by atoms with van der Waals surface area (Å²) in [4.78, 5) is 42.4. The van der Waals surface area contributed by atoms with E-state index in [0.717, 1.165) is 36.6 Å². The van der Waals surface area contributed by atoms with Gasteiger partial charge in [0, 0.05) is 36.2 Å². The Labute approximate surface area is 193 Å². The fraction of sp³-hybridized carbons (Fsp3) is 0.625. The average Bonchev–Trinajstić information content (AvgIpc) is 3.28. The van der Waals surface area contributed by atoms with Crippen molar-refractivity contribution in [3.05, 3.63) is 34.3 Å². The largest absolute Gasteiger partial charge is 0.356 e. The summed E-state index contributed by atoms with van der Waals surface area (Å²) in [6.45, 7) is 4.60. The third-order valence-electron chi connectivity index (χ3n) is 6.32. The molecule has 2 saturated heterocycles. The lowest BCUT2D eigenvalue weighted by atomic mass is 9.96. The van der Waals surface area contributed by atoms with E-state index in [0.29, 0.717) is 38.2 Å². The molecule has 0 saturated carbocycles. The fourth-order valence-corrected chi connectivity index (χ4v) is 4.80. The van der Waals surface area contributed by atoms with E-state index in [9.17, 15) is 14.4 Å². The Morgan fingerprint density at radius 3 is 2.52 bits per heavy atom. The Bertz CT molecular complexity index is 768. The predicted molar refractivity (Wildman–Crippen MR) is 125 cm³/mol. The van der Waals surface area contributed by atoms with E-state index in [1.165, 1.54) is 12.8 Å². The minimum absolute atomic E-state index is 0.0107. The second kappa shape index (κ2) is 11.7. The molecule has 0 spiro atoms. The summed E-state index contributed by atoms with van der Waals surface area (Å²) < 4.78 is 0.918. The van der Waals surface area contributed by atoms with Crippen LogP contribution in [0.25, 0.3) is 0 Å². The van der Waals surface area contributed by atoms with E-state index in [2.05, 4.69) is 28.2 Å². The molecule has 170 valence electrons. The SMILES string of the molecule is CCCCCCNC(=O)C1CCCN(C(=O)C2CCCN2C(=O)c2ccc(Br)cc2)C1. The number of piperidine rings is 1. The zero-order valence-corrected chi connectivity index (χ0v) is 20.0. The van der Waals surface area contributed by atoms with Crippen LogP contribution in [-0.4, -0.2) is 59.7 Å². The summed E-state index contributed by atoms with van der Waals surface area (Å²) in [7, 11) is 0. The number of nitrogens with zero attached hydrogens (tertiary/aromatic N) is 2. The van der Waals surface area contributed by atoms with Crippen LogP contribution in [0.5, 0.6) is 0 Å². The van der Waals surface area contributed by atoms with Crippen LogP contribution in [0.1, 0.15) is 68.6 Å². The molecule has 0 bridgehead atoms. The number of benzene rings is 1. The summed E-state index contributed by atoms with van der Waals surface area (Å²) >= 11 is 3.39. The molecule has 1 aromatic carbocycles. The van der Waals surface area contributed by atoms with Gasteiger partial charge in [0.05, 0.1) is 5.92 Å². The van der Waals surface area contributed by atoms with Gasteiger partial charge in [-0.05, 0) is 56.4 Å². The lowest BCUT2D eigenvalue weighted by Gasteiger charge is -2.35. The molecule has 6 nitrogen and oxygen atoms in total. The molecule has 1 N–H and O–H groups in total. The Morgan fingerprint density at radius 1 is 1.03 bits per heavy atom. The quantitative estimate of drug-likeness (QED) is 0.558. The first-order chi connectivity index (χ1) is 15.0. The van der Waals surface area contributed by atoms with Crippen molar-refractivity contribution in [2.24, 2.45) is 5.92 Å². The maximum Gasteiger partial charge on any atom is 0.254 e. The van der Waals surface area contributed by atoms with Gasteiger partial charge in [0.2, 0.25) is 11.8 Å². The van der Waals surface area contributed by atoms with Gasteiger partial charge >= 0.3 is 0 Å². The van der Waals surface area contributed by atoms with Crippen LogP contribution in [-0.2, 0) is 9.59 Å². The minimum atomic E-state index is -0.424. The van der Waals surface area contributed by atoms with Gasteiger partial charge in [0.1, 0.15) is 6.04 Å². The molecule has 7 heteroatoms. The molecular weight excluding hydrogens is 458 g/mol. The van der Waals surface area contributed by atoms with Crippen molar-refractivity contribution in [3.63, 3.8) is 0 Å². The molecule has 1 aromatic rings. The zero-order valence-electron chi connectivity index (χ0n) is 18.4. The van der Waals surface area contributed by atoms with E-state index in [-0.39, 0.29) is 23.6 Å². The topological polar surface area (TPSA) is 69.7 Å². The van der Waals surface area contributed by atoms with Gasteiger partial charge in [-0.1, -0.05) is 42.1 Å². The molecule has 2 fully saturated rings. The van der Waals surface area contributed by atoms with Crippen molar-refractivity contribution in [1.82, 2.24) is 15.1 Å². The van der Waals surface area contributed by atoms with Crippen LogP contribution < -0.4 is 5.32 Å². The smallest absolute Gasteiger partial charge is 0.254 e. The zero-order chi connectivity index (χ0) is 22.2. The summed E-state index contributed by atoms with van der Waals surface area (Å²) in [5.74, 6) is -0.200. The number of nitrogens with one attached hydrogen (secondary N) is 1. The first kappa shape index (κ1) is 23.8. The summed E-state index contributed by atoms with van der Waals surface area (Å²) in [5, 5.41) is 3.05. The number of unbranched alkanes of at least 4 members (excludes halogenated alkanes) is 3. The van der Waals surface area contributed by atoms with Crippen molar-refractivity contribution >= 4 is 33.7 Å². The van der Waals surface area contributed by atoms with Gasteiger partial charge in [-0.25, -0.2) is 0 Å². The summed E-state index contributed by atoms with van der Waals surface area (Å²) in [6.07, 6.45) is 7.67. The van der Waals surface area contributed by atoms with Gasteiger partial charge in [0.25, 0.3) is 5.91 Å². The number of hydrogen-bond acceptors (Lipinski definition) is 3. The Hall–Kier alpha value is -1.89. The van der Waals surface area contributed by atoms with Crippen molar-refractivity contribution in [1.29, 1.82) is 0 Å². The van der Waals surface area contributed by atoms with E-state index in [4.69, 9.17) is 0 Å². The van der Waals surface area contributed by atoms with E-state index in [1.807, 2.05) is 17.0 Å². The first-order valence-corrected chi connectivity index (χ1v) is 12.4. The number of rotatable bonds is 8. The molecule has 2 unspecified atom stereocenters. The van der Waals surface area contributed by atoms with Crippen molar-refractivity contribution in [2.45, 2.75) is 64.3 Å². The molecule has 31 heavy (non-hydrogen) atoms. The van der Waals surface area contributed by atoms with Crippen LogP contribution in [0.4, 0.5) is 0 Å². The molecule has 0 radical (unpaired) electrons. The normalized spacial score (nSPS) is 21.2. The van der Waals surface area contributed by atoms with E-state index in [1.54, 1.807) is 17.0 Å². The fourth-order valence-electron chi connectivity index (χ4n) is 4.53. The highest BCUT2D eigenvalue weighted by Gasteiger charge is 2.39. The van der Waals surface area contributed by atoms with Crippen molar-refractivity contribution in [2.75, 3.05) is 26.2 Å². The van der Waals surface area contributed by atoms with Crippen molar-refractivity contribution in [3.8, 4) is 0 Å². The molecule has 0 aliphatic carbocycles. The molecule has 2 atom stereocenters. The van der Waals surface area contributed by atoms with Gasteiger partial charge in [-0.3, -0.25) is 14.4 Å². The Balaban J connectivity index is 1.56. The summed E-state index contributed by atoms with van der Waals surface area (Å²) in [6, 6.07) is 6.83. The van der Waals surface area contributed by atoms with Crippen LogP contribution in [0.2, 0.25) is 0 Å². The Morgan fingerprint density at radius 2 is 1.77 bits per heavy atom. The van der Waals surface area contributed by atoms with Crippen molar-refractivity contribution < 1.29 is 14.4 Å². The minimum Gasteiger partial charge on any atom is -0.356 e. The van der Waals surface area contributed by atoms with Crippen LogP contribution in [0, 0.1) is 5.92 Å². The molecule has 2 aliphatic rings. The number of likely N-dealkylation sites (tertiary alicyclic amines) is 2. The second-order valence-electron chi connectivity index (χ2n) is 8.64. The lowest BCUT2D eigenvalue weighted by molar-refractivity contribution is -0.139.